The summed E-state index contributed by atoms with van der Waals surface area (Å²) in [6, 6.07) is 0. The van der Waals surface area contributed by atoms with Crippen LogP contribution in [0.5, 0.6) is 0 Å². The van der Waals surface area contributed by atoms with Crippen LogP contribution in [0.1, 0.15) is 97.3 Å². The highest BCUT2D eigenvalue weighted by molar-refractivity contribution is 7.46. The average Bonchev–Trinajstić information content (AvgIpc) is 2.66. The summed E-state index contributed by atoms with van der Waals surface area (Å²) in [7, 11) is -4.64. The molecule has 0 aromatic heterocycles. The molecular weight excluding hydrogens is 393 g/mol. The van der Waals surface area contributed by atoms with Gasteiger partial charge in [-0.15, -0.1) is 0 Å². The van der Waals surface area contributed by atoms with Crippen LogP contribution < -0.4 is 5.32 Å². The highest BCUT2D eigenvalue weighted by Gasteiger charge is 2.29. The first-order valence-electron chi connectivity index (χ1n) is 11.0. The summed E-state index contributed by atoms with van der Waals surface area (Å²) in [4.78, 5) is 29.5. The molecule has 7 nitrogen and oxygen atoms in total. The Hall–Kier alpha value is -0.720. The molecule has 0 aromatic carbocycles. The topological polar surface area (TPSA) is 116 Å². The van der Waals surface area contributed by atoms with E-state index in [-0.39, 0.29) is 5.91 Å². The number of carbonyl (C=O) groups is 1. The molecule has 1 unspecified atom stereocenters. The Labute approximate surface area is 176 Å². The number of unbranched alkanes of at least 4 members (excludes halogenated alkanes) is 10. The monoisotopic (exact) mass is 435 g/mol. The van der Waals surface area contributed by atoms with Gasteiger partial charge in [0.05, 0.1) is 18.8 Å². The predicted octanol–water partition coefficient (Wildman–Crippen LogP) is 4.61. The van der Waals surface area contributed by atoms with Crippen molar-refractivity contribution in [1.29, 1.82) is 0 Å². The Kier molecular flexibility index (Phi) is 16.6. The summed E-state index contributed by atoms with van der Waals surface area (Å²) in [5.74, 6) is -0.255. The van der Waals surface area contributed by atoms with E-state index in [4.69, 9.17) is 9.79 Å². The van der Waals surface area contributed by atoms with E-state index in [1.54, 1.807) is 0 Å². The molecule has 0 saturated heterocycles. The molecule has 0 aromatic rings. The van der Waals surface area contributed by atoms with Crippen molar-refractivity contribution >= 4 is 13.7 Å². The minimum absolute atomic E-state index is 0.255. The zero-order valence-corrected chi connectivity index (χ0v) is 19.2. The smallest absolute Gasteiger partial charge is 0.394 e. The molecule has 0 spiro atoms. The first-order chi connectivity index (χ1) is 13.7. The van der Waals surface area contributed by atoms with Crippen LogP contribution in [0, 0.1) is 0 Å². The first-order valence-corrected chi connectivity index (χ1v) is 12.5. The number of aliphatic hydroxyl groups is 1. The Morgan fingerprint density at radius 3 is 2.00 bits per heavy atom. The van der Waals surface area contributed by atoms with E-state index >= 15 is 0 Å². The van der Waals surface area contributed by atoms with Gasteiger partial charge < -0.3 is 20.2 Å². The molecule has 1 amide bonds. The zero-order chi connectivity index (χ0) is 22.0. The van der Waals surface area contributed by atoms with Gasteiger partial charge in [0.15, 0.2) is 0 Å². The lowest BCUT2D eigenvalue weighted by molar-refractivity contribution is -0.124. The van der Waals surface area contributed by atoms with Crippen LogP contribution >= 0.6 is 7.82 Å². The van der Waals surface area contributed by atoms with Crippen molar-refractivity contribution in [2.24, 2.45) is 0 Å². The van der Waals surface area contributed by atoms with Crippen molar-refractivity contribution < 1.29 is 28.8 Å². The van der Waals surface area contributed by atoms with E-state index in [0.29, 0.717) is 6.42 Å². The first kappa shape index (κ1) is 28.3. The van der Waals surface area contributed by atoms with Gasteiger partial charge in [0.25, 0.3) is 0 Å². The van der Waals surface area contributed by atoms with Gasteiger partial charge in [0.2, 0.25) is 5.91 Å². The van der Waals surface area contributed by atoms with Gasteiger partial charge in [0.1, 0.15) is 0 Å². The Bertz CT molecular complexity index is 494. The number of rotatable bonds is 19. The van der Waals surface area contributed by atoms with E-state index in [2.05, 4.69) is 28.9 Å². The number of phosphoric ester groups is 1. The van der Waals surface area contributed by atoms with E-state index in [9.17, 15) is 14.5 Å². The van der Waals surface area contributed by atoms with Crippen LogP contribution in [-0.2, 0) is 13.9 Å². The molecule has 0 bridgehead atoms. The fourth-order valence-electron chi connectivity index (χ4n) is 2.93. The molecule has 0 rings (SSSR count). The number of nitrogens with one attached hydrogen (secondary N) is 1. The number of hydrogen-bond donors (Lipinski definition) is 4. The van der Waals surface area contributed by atoms with Gasteiger partial charge >= 0.3 is 7.82 Å². The third-order valence-corrected chi connectivity index (χ3v) is 5.22. The second kappa shape index (κ2) is 17.0. The molecule has 0 heterocycles. The number of phosphoric acid groups is 1. The minimum atomic E-state index is -4.64. The third-order valence-electron chi connectivity index (χ3n) is 4.76. The Morgan fingerprint density at radius 2 is 1.48 bits per heavy atom. The molecule has 4 N–H and O–H groups in total. The van der Waals surface area contributed by atoms with Crippen molar-refractivity contribution in [2.45, 2.75) is 103 Å². The maximum atomic E-state index is 12.0. The predicted molar refractivity (Wildman–Crippen MR) is 116 cm³/mol. The van der Waals surface area contributed by atoms with E-state index in [1.165, 1.54) is 51.9 Å². The van der Waals surface area contributed by atoms with Crippen molar-refractivity contribution in [2.75, 3.05) is 13.2 Å². The molecule has 0 aliphatic heterocycles. The molecule has 172 valence electrons. The van der Waals surface area contributed by atoms with E-state index in [0.717, 1.165) is 32.1 Å². The van der Waals surface area contributed by atoms with Crippen molar-refractivity contribution in [3.8, 4) is 0 Å². The number of allylic oxidation sites excluding steroid dienone is 2. The molecule has 0 fully saturated rings. The third kappa shape index (κ3) is 19.0. The average molecular weight is 436 g/mol. The molecular formula is C21H42NO6P. The van der Waals surface area contributed by atoms with Crippen molar-refractivity contribution in [3.63, 3.8) is 0 Å². The summed E-state index contributed by atoms with van der Waals surface area (Å²) in [5, 5.41) is 12.0. The van der Waals surface area contributed by atoms with Crippen LogP contribution in [-0.4, -0.2) is 39.6 Å². The maximum absolute atomic E-state index is 12.0. The van der Waals surface area contributed by atoms with Gasteiger partial charge in [0, 0.05) is 6.42 Å². The second-order valence-electron chi connectivity index (χ2n) is 8.01. The standard InChI is InChI=1S/C21H42NO6P/c1-3-4-5-6-7-8-9-10-11-12-13-14-15-16-17-20(24)22-21(2,18-23)19-28-29(25,26)27/h10-11,23H,3-9,12-19H2,1-2H3,(H,22,24)(H2,25,26,27)/b11-10-. The Morgan fingerprint density at radius 1 is 0.966 bits per heavy atom. The summed E-state index contributed by atoms with van der Waals surface area (Å²) in [5.41, 5.74) is -1.21. The highest BCUT2D eigenvalue weighted by Crippen LogP contribution is 2.36. The quantitative estimate of drug-likeness (QED) is 0.134. The number of aliphatic hydroxyl groups excluding tert-OH is 1. The largest absolute Gasteiger partial charge is 0.469 e. The van der Waals surface area contributed by atoms with Crippen LogP contribution in [0.4, 0.5) is 0 Å². The molecule has 1 atom stereocenters. The van der Waals surface area contributed by atoms with E-state index < -0.39 is 26.6 Å². The van der Waals surface area contributed by atoms with Gasteiger partial charge in [-0.05, 0) is 39.0 Å². The van der Waals surface area contributed by atoms with Crippen LogP contribution in [0.15, 0.2) is 12.2 Å². The fraction of sp³-hybridized carbons (Fsp3) is 0.857. The number of hydrogen-bond acceptors (Lipinski definition) is 4. The van der Waals surface area contributed by atoms with Crippen molar-refractivity contribution in [3.05, 3.63) is 12.2 Å². The highest BCUT2D eigenvalue weighted by atomic mass is 31.2. The normalized spacial score (nSPS) is 14.2. The summed E-state index contributed by atoms with van der Waals surface area (Å²) in [6.07, 6.45) is 18.9. The summed E-state index contributed by atoms with van der Waals surface area (Å²) < 4.78 is 15.2. The van der Waals surface area contributed by atoms with Gasteiger partial charge in [-0.2, -0.15) is 0 Å². The number of carbonyl (C=O) groups excluding carboxylic acids is 1. The molecule has 8 heteroatoms. The van der Waals surface area contributed by atoms with Crippen LogP contribution in [0.2, 0.25) is 0 Å². The van der Waals surface area contributed by atoms with Crippen LogP contribution in [0.3, 0.4) is 0 Å². The number of amides is 1. The summed E-state index contributed by atoms with van der Waals surface area (Å²) >= 11 is 0. The maximum Gasteiger partial charge on any atom is 0.469 e. The molecule has 0 saturated carbocycles. The lowest BCUT2D eigenvalue weighted by Gasteiger charge is -2.28. The molecule has 0 aliphatic carbocycles. The summed E-state index contributed by atoms with van der Waals surface area (Å²) in [6.45, 7) is 2.80. The molecule has 29 heavy (non-hydrogen) atoms. The second-order valence-corrected chi connectivity index (χ2v) is 9.25. The van der Waals surface area contributed by atoms with Gasteiger partial charge in [-0.25, -0.2) is 4.57 Å². The fourth-order valence-corrected chi connectivity index (χ4v) is 3.38. The van der Waals surface area contributed by atoms with Gasteiger partial charge in [-0.3, -0.25) is 9.32 Å². The minimum Gasteiger partial charge on any atom is -0.394 e. The van der Waals surface area contributed by atoms with E-state index in [1.807, 2.05) is 0 Å². The van der Waals surface area contributed by atoms with Crippen LogP contribution in [0.25, 0.3) is 0 Å². The lowest BCUT2D eigenvalue weighted by atomic mass is 10.0. The van der Waals surface area contributed by atoms with Gasteiger partial charge in [-0.1, -0.05) is 64.0 Å². The molecule has 0 aliphatic rings. The Balaban J connectivity index is 3.68. The zero-order valence-electron chi connectivity index (χ0n) is 18.3. The SMILES string of the molecule is CCCCCCCC/C=C\CCCCCCC(=O)NC(C)(CO)COP(=O)(O)O. The van der Waals surface area contributed by atoms with Crippen molar-refractivity contribution in [1.82, 2.24) is 5.32 Å². The lowest BCUT2D eigenvalue weighted by Crippen LogP contribution is -2.52. The molecule has 0 radical (unpaired) electrons.